The number of fused-ring (bicyclic) bond motifs is 3. The van der Waals surface area contributed by atoms with Crippen molar-refractivity contribution in [2.45, 2.75) is 38.6 Å². The predicted molar refractivity (Wildman–Crippen MR) is 142 cm³/mol. The fourth-order valence-corrected chi connectivity index (χ4v) is 6.12. The van der Waals surface area contributed by atoms with Gasteiger partial charge in [0.1, 0.15) is 21.8 Å². The Morgan fingerprint density at radius 2 is 2.03 bits per heavy atom. The molecule has 0 saturated heterocycles. The van der Waals surface area contributed by atoms with Crippen molar-refractivity contribution in [1.82, 2.24) is 19.3 Å². The van der Waals surface area contributed by atoms with Gasteiger partial charge in [-0.25, -0.2) is 4.98 Å². The lowest BCUT2D eigenvalue weighted by Gasteiger charge is -2.15. The lowest BCUT2D eigenvalue weighted by Crippen LogP contribution is -2.32. The fraction of sp³-hybridized carbons (Fsp3) is 0.346. The summed E-state index contributed by atoms with van der Waals surface area (Å²) < 4.78 is 8.18. The smallest absolute Gasteiger partial charge is 0.267 e. The highest BCUT2D eigenvalue weighted by molar-refractivity contribution is 7.17. The molecular formula is C26H28N6O4S. The van der Waals surface area contributed by atoms with Gasteiger partial charge in [0.05, 0.1) is 16.5 Å². The van der Waals surface area contributed by atoms with Gasteiger partial charge in [0.15, 0.2) is 0 Å². The molecule has 0 spiro atoms. The van der Waals surface area contributed by atoms with E-state index in [0.717, 1.165) is 36.1 Å². The summed E-state index contributed by atoms with van der Waals surface area (Å²) in [5, 5.41) is 15.1. The van der Waals surface area contributed by atoms with Crippen LogP contribution in [0.15, 0.2) is 35.3 Å². The van der Waals surface area contributed by atoms with Crippen molar-refractivity contribution in [3.63, 3.8) is 0 Å². The molecular weight excluding hydrogens is 492 g/mol. The van der Waals surface area contributed by atoms with Gasteiger partial charge < -0.3 is 19.9 Å². The van der Waals surface area contributed by atoms with E-state index < -0.39 is 5.91 Å². The van der Waals surface area contributed by atoms with Gasteiger partial charge in [-0.3, -0.25) is 24.2 Å². The highest BCUT2D eigenvalue weighted by Crippen LogP contribution is 2.38. The molecule has 192 valence electrons. The van der Waals surface area contributed by atoms with Crippen LogP contribution in [-0.4, -0.2) is 46.5 Å². The van der Waals surface area contributed by atoms with E-state index in [0.29, 0.717) is 41.4 Å². The number of methoxy groups -OCH3 is 1. The van der Waals surface area contributed by atoms with E-state index in [1.807, 2.05) is 0 Å². The van der Waals surface area contributed by atoms with E-state index in [4.69, 9.17) is 10.1 Å². The second-order valence-electron chi connectivity index (χ2n) is 8.94. The summed E-state index contributed by atoms with van der Waals surface area (Å²) in [4.78, 5) is 45.4. The van der Waals surface area contributed by atoms with Gasteiger partial charge in [0.2, 0.25) is 0 Å². The standard InChI is InChI=1S/C26H28N6O4S/c1-28-24(34)20-15-8-3-4-9-18(15)37-25(20)30-23(33)16-14-17-22(32(21(16)27)12-7-13-36-2)29-19-10-5-6-11-31(19)26(17)35/h5-6,10-11,14,27H,3-4,7-9,12-13H2,1-2H3,(H,28,34)(H,30,33). The molecule has 1 aliphatic rings. The Labute approximate surface area is 216 Å². The number of nitrogens with one attached hydrogen (secondary N) is 3. The van der Waals surface area contributed by atoms with Crippen molar-refractivity contribution in [3.05, 3.63) is 67.9 Å². The number of aryl methyl sites for hydroxylation is 2. The largest absolute Gasteiger partial charge is 0.385 e. The number of rotatable bonds is 7. The van der Waals surface area contributed by atoms with Gasteiger partial charge in [-0.05, 0) is 55.9 Å². The highest BCUT2D eigenvalue weighted by Gasteiger charge is 2.27. The van der Waals surface area contributed by atoms with Crippen LogP contribution in [0.1, 0.15) is 50.4 Å². The van der Waals surface area contributed by atoms with Crippen LogP contribution in [-0.2, 0) is 24.1 Å². The van der Waals surface area contributed by atoms with Crippen molar-refractivity contribution >= 4 is 44.8 Å². The van der Waals surface area contributed by atoms with Crippen molar-refractivity contribution in [3.8, 4) is 0 Å². The summed E-state index contributed by atoms with van der Waals surface area (Å²) in [5.74, 6) is -0.795. The number of carbonyl (C=O) groups excluding carboxylic acids is 2. The number of thiophene rings is 1. The van der Waals surface area contributed by atoms with Crippen LogP contribution in [0.2, 0.25) is 0 Å². The van der Waals surface area contributed by atoms with E-state index in [1.54, 1.807) is 43.1 Å². The average Bonchev–Trinajstić information content (AvgIpc) is 3.27. The number of anilines is 1. The van der Waals surface area contributed by atoms with Gasteiger partial charge in [0.25, 0.3) is 17.4 Å². The average molecular weight is 521 g/mol. The van der Waals surface area contributed by atoms with Crippen LogP contribution in [0.3, 0.4) is 0 Å². The van der Waals surface area contributed by atoms with E-state index in [-0.39, 0.29) is 27.9 Å². The number of ether oxygens (including phenoxy) is 1. The van der Waals surface area contributed by atoms with Crippen LogP contribution in [0, 0.1) is 5.41 Å². The van der Waals surface area contributed by atoms with Gasteiger partial charge in [-0.15, -0.1) is 11.3 Å². The van der Waals surface area contributed by atoms with Crippen molar-refractivity contribution in [1.29, 1.82) is 5.41 Å². The zero-order valence-electron chi connectivity index (χ0n) is 20.7. The Hall–Kier alpha value is -3.83. The Morgan fingerprint density at radius 3 is 2.81 bits per heavy atom. The highest BCUT2D eigenvalue weighted by atomic mass is 32.1. The molecule has 10 nitrogen and oxygen atoms in total. The molecule has 37 heavy (non-hydrogen) atoms. The van der Waals surface area contributed by atoms with Crippen molar-refractivity contribution in [2.24, 2.45) is 0 Å². The molecule has 0 radical (unpaired) electrons. The summed E-state index contributed by atoms with van der Waals surface area (Å²) >= 11 is 1.41. The van der Waals surface area contributed by atoms with Crippen LogP contribution in [0.5, 0.6) is 0 Å². The number of amides is 2. The Morgan fingerprint density at radius 1 is 1.22 bits per heavy atom. The van der Waals surface area contributed by atoms with Crippen LogP contribution >= 0.6 is 11.3 Å². The molecule has 4 aromatic heterocycles. The molecule has 0 aromatic carbocycles. The summed E-state index contributed by atoms with van der Waals surface area (Å²) in [7, 11) is 3.16. The zero-order valence-corrected chi connectivity index (χ0v) is 21.5. The molecule has 4 heterocycles. The van der Waals surface area contributed by atoms with Gasteiger partial charge in [-0.1, -0.05) is 6.07 Å². The first kappa shape index (κ1) is 24.8. The molecule has 0 aliphatic heterocycles. The number of pyridine rings is 2. The van der Waals surface area contributed by atoms with E-state index in [9.17, 15) is 14.4 Å². The van der Waals surface area contributed by atoms with Crippen LogP contribution < -0.4 is 21.7 Å². The van der Waals surface area contributed by atoms with Crippen molar-refractivity contribution < 1.29 is 14.3 Å². The Kier molecular flexibility index (Phi) is 6.90. The first-order valence-corrected chi connectivity index (χ1v) is 13.0. The molecule has 1 aliphatic carbocycles. The number of aromatic nitrogens is 3. The van der Waals surface area contributed by atoms with Gasteiger partial charge in [0, 0.05) is 38.4 Å². The molecule has 0 unspecified atom stereocenters. The van der Waals surface area contributed by atoms with E-state index in [1.165, 1.54) is 21.8 Å². The lowest BCUT2D eigenvalue weighted by atomic mass is 9.95. The predicted octanol–water partition coefficient (Wildman–Crippen LogP) is 2.72. The summed E-state index contributed by atoms with van der Waals surface area (Å²) in [6, 6.07) is 6.68. The van der Waals surface area contributed by atoms with Gasteiger partial charge in [-0.2, -0.15) is 0 Å². The molecule has 3 N–H and O–H groups in total. The quantitative estimate of drug-likeness (QED) is 0.255. The number of hydrogen-bond acceptors (Lipinski definition) is 7. The maximum absolute atomic E-state index is 13.6. The SMILES string of the molecule is CNC(=O)c1c(NC(=O)c2cc3c(=O)n4ccccc4nc3n(CCCOC)c2=N)sc2c1CCCC2. The maximum Gasteiger partial charge on any atom is 0.267 e. The second-order valence-corrected chi connectivity index (χ2v) is 10.0. The first-order valence-electron chi connectivity index (χ1n) is 12.2. The molecule has 0 atom stereocenters. The summed E-state index contributed by atoms with van der Waals surface area (Å²) in [5.41, 5.74) is 1.92. The van der Waals surface area contributed by atoms with Gasteiger partial charge >= 0.3 is 0 Å². The summed E-state index contributed by atoms with van der Waals surface area (Å²) in [6.45, 7) is 0.795. The van der Waals surface area contributed by atoms with Crippen molar-refractivity contribution in [2.75, 3.05) is 26.1 Å². The normalized spacial score (nSPS) is 13.0. The third-order valence-corrected chi connectivity index (χ3v) is 7.85. The molecule has 2 amide bonds. The number of carbonyl (C=O) groups is 2. The molecule has 0 bridgehead atoms. The number of nitrogens with zero attached hydrogens (tertiary/aromatic N) is 3. The molecule has 11 heteroatoms. The minimum Gasteiger partial charge on any atom is -0.385 e. The number of hydrogen-bond donors (Lipinski definition) is 3. The maximum atomic E-state index is 13.6. The fourth-order valence-electron chi connectivity index (χ4n) is 4.83. The zero-order chi connectivity index (χ0) is 26.1. The second kappa shape index (κ2) is 10.3. The third-order valence-electron chi connectivity index (χ3n) is 6.65. The van der Waals surface area contributed by atoms with E-state index in [2.05, 4.69) is 15.6 Å². The van der Waals surface area contributed by atoms with E-state index >= 15 is 0 Å². The molecule has 4 aromatic rings. The van der Waals surface area contributed by atoms with Crippen LogP contribution in [0.4, 0.5) is 5.00 Å². The molecule has 5 rings (SSSR count). The lowest BCUT2D eigenvalue weighted by molar-refractivity contribution is 0.0963. The molecule has 0 saturated carbocycles. The van der Waals surface area contributed by atoms with Crippen LogP contribution in [0.25, 0.3) is 16.7 Å². The third kappa shape index (κ3) is 4.44. The topological polar surface area (TPSA) is 131 Å². The minimum absolute atomic E-state index is 0.0360. The first-order chi connectivity index (χ1) is 17.9. The Balaban J connectivity index is 1.65. The monoisotopic (exact) mass is 520 g/mol. The summed E-state index contributed by atoms with van der Waals surface area (Å²) in [6.07, 6.45) is 5.89. The minimum atomic E-state index is -0.547. The Bertz CT molecular complexity index is 1650. The molecule has 0 fully saturated rings.